The molecule has 3 heterocycles. The first-order valence-electron chi connectivity index (χ1n) is 12.2. The maximum atomic E-state index is 13.8. The van der Waals surface area contributed by atoms with Gasteiger partial charge in [-0.3, -0.25) is 4.79 Å². The number of anilines is 4. The summed E-state index contributed by atoms with van der Waals surface area (Å²) in [6.07, 6.45) is 6.37. The predicted octanol–water partition coefficient (Wildman–Crippen LogP) is 4.10. The van der Waals surface area contributed by atoms with E-state index in [4.69, 9.17) is 9.47 Å². The number of aromatic nitrogens is 1. The van der Waals surface area contributed by atoms with Crippen molar-refractivity contribution >= 4 is 28.8 Å². The fourth-order valence-corrected chi connectivity index (χ4v) is 6.10. The van der Waals surface area contributed by atoms with Crippen LogP contribution < -0.4 is 15.1 Å². The van der Waals surface area contributed by atoms with Gasteiger partial charge in [0.1, 0.15) is 5.82 Å². The quantitative estimate of drug-likeness (QED) is 0.760. The highest BCUT2D eigenvalue weighted by Gasteiger charge is 2.56. The molecule has 2 aliphatic carbocycles. The smallest absolute Gasteiger partial charge is 0.230 e. The lowest BCUT2D eigenvalue weighted by atomic mass is 9.50. The highest BCUT2D eigenvalue weighted by Crippen LogP contribution is 2.60. The van der Waals surface area contributed by atoms with Gasteiger partial charge in [0, 0.05) is 43.1 Å². The number of ether oxygens (including phenoxy) is 2. The van der Waals surface area contributed by atoms with E-state index >= 15 is 0 Å². The molecule has 0 unspecified atom stereocenters. The molecule has 2 aliphatic heterocycles. The minimum Gasteiger partial charge on any atom is -0.378 e. The van der Waals surface area contributed by atoms with Crippen LogP contribution in [-0.2, 0) is 20.8 Å². The van der Waals surface area contributed by atoms with Crippen molar-refractivity contribution in [3.8, 4) is 0 Å². The van der Waals surface area contributed by atoms with E-state index in [2.05, 4.69) is 46.4 Å². The molecular weight excluding hydrogens is 416 g/mol. The molecule has 2 aromatic rings. The average molecular weight is 449 g/mol. The zero-order chi connectivity index (χ0) is 22.4. The van der Waals surface area contributed by atoms with Crippen LogP contribution in [0.25, 0.3) is 0 Å². The van der Waals surface area contributed by atoms with Gasteiger partial charge in [0.05, 0.1) is 37.2 Å². The molecule has 0 atom stereocenters. The number of nitrogens with one attached hydrogen (secondary N) is 1. The summed E-state index contributed by atoms with van der Waals surface area (Å²) in [4.78, 5) is 22.7. The molecule has 1 saturated heterocycles. The number of benzene rings is 1. The number of hydrogen-bond acceptors (Lipinski definition) is 6. The number of rotatable bonds is 4. The fourth-order valence-electron chi connectivity index (χ4n) is 6.10. The van der Waals surface area contributed by atoms with E-state index in [1.165, 1.54) is 0 Å². The Labute approximate surface area is 195 Å². The molecule has 1 aromatic heterocycles. The van der Waals surface area contributed by atoms with Gasteiger partial charge in [0.15, 0.2) is 0 Å². The lowest BCUT2D eigenvalue weighted by molar-refractivity contribution is -0.154. The van der Waals surface area contributed by atoms with Crippen LogP contribution in [0.1, 0.15) is 38.2 Å². The van der Waals surface area contributed by atoms with Gasteiger partial charge in [0.25, 0.3) is 0 Å². The van der Waals surface area contributed by atoms with Crippen LogP contribution >= 0.6 is 0 Å². The summed E-state index contributed by atoms with van der Waals surface area (Å²) in [6, 6.07) is 10.4. The SMILES string of the molecule is CCOC1CC2(C1)CC(C(=O)N1Cc3cccnc3Nc3ccc(N4CCOCC4)cc31)C2. The molecule has 4 aliphatic rings. The van der Waals surface area contributed by atoms with E-state index in [0.717, 1.165) is 87.0 Å². The lowest BCUT2D eigenvalue weighted by Crippen LogP contribution is -2.55. The maximum Gasteiger partial charge on any atom is 0.230 e. The summed E-state index contributed by atoms with van der Waals surface area (Å²) in [5, 5.41) is 3.49. The molecule has 0 bridgehead atoms. The van der Waals surface area contributed by atoms with Gasteiger partial charge < -0.3 is 24.6 Å². The number of pyridine rings is 1. The second-order valence-electron chi connectivity index (χ2n) is 9.95. The van der Waals surface area contributed by atoms with Crippen molar-refractivity contribution in [2.24, 2.45) is 11.3 Å². The van der Waals surface area contributed by atoms with Gasteiger partial charge in [-0.15, -0.1) is 0 Å². The molecule has 3 fully saturated rings. The van der Waals surface area contributed by atoms with Gasteiger partial charge in [-0.2, -0.15) is 0 Å². The average Bonchev–Trinajstić information content (AvgIpc) is 2.96. The molecule has 0 radical (unpaired) electrons. The van der Waals surface area contributed by atoms with Crippen LogP contribution in [0.3, 0.4) is 0 Å². The van der Waals surface area contributed by atoms with Crippen molar-refractivity contribution in [3.05, 3.63) is 42.1 Å². The van der Waals surface area contributed by atoms with Gasteiger partial charge in [0.2, 0.25) is 5.91 Å². The Kier molecular flexibility index (Phi) is 5.26. The van der Waals surface area contributed by atoms with E-state index in [-0.39, 0.29) is 11.8 Å². The molecule has 2 saturated carbocycles. The van der Waals surface area contributed by atoms with E-state index in [9.17, 15) is 4.79 Å². The van der Waals surface area contributed by atoms with E-state index in [1.807, 2.05) is 11.0 Å². The monoisotopic (exact) mass is 448 g/mol. The van der Waals surface area contributed by atoms with Crippen LogP contribution in [0, 0.1) is 11.3 Å². The summed E-state index contributed by atoms with van der Waals surface area (Å²) >= 11 is 0. The Morgan fingerprint density at radius 1 is 1.21 bits per heavy atom. The Hall–Kier alpha value is -2.64. The standard InChI is InChI=1S/C26H32N4O3/c1-2-33-21-15-26(16-21)13-19(14-26)25(31)30-17-18-4-3-7-27-24(18)28-22-6-5-20(12-23(22)30)29-8-10-32-11-9-29/h3-7,12,19,21H,2,8-11,13-17H2,1H3,(H,27,28). The molecule has 1 aromatic carbocycles. The second-order valence-corrected chi connectivity index (χ2v) is 9.95. The summed E-state index contributed by atoms with van der Waals surface area (Å²) in [6.45, 7) is 6.59. The first kappa shape index (κ1) is 20.9. The fraction of sp³-hybridized carbons (Fsp3) is 0.538. The third-order valence-corrected chi connectivity index (χ3v) is 7.82. The van der Waals surface area contributed by atoms with E-state index in [0.29, 0.717) is 18.1 Å². The molecule has 33 heavy (non-hydrogen) atoms. The first-order chi connectivity index (χ1) is 16.1. The molecule has 7 nitrogen and oxygen atoms in total. The minimum absolute atomic E-state index is 0.0886. The number of fused-ring (bicyclic) bond motifs is 2. The topological polar surface area (TPSA) is 66.9 Å². The normalized spacial score (nSPS) is 28.2. The van der Waals surface area contributed by atoms with Crippen LogP contribution in [0.5, 0.6) is 0 Å². The molecule has 7 heteroatoms. The van der Waals surface area contributed by atoms with Gasteiger partial charge in [-0.05, 0) is 62.3 Å². The Morgan fingerprint density at radius 2 is 2.03 bits per heavy atom. The van der Waals surface area contributed by atoms with Gasteiger partial charge in [-0.25, -0.2) is 4.98 Å². The third kappa shape index (κ3) is 3.77. The summed E-state index contributed by atoms with van der Waals surface area (Å²) in [7, 11) is 0. The van der Waals surface area contributed by atoms with Gasteiger partial charge >= 0.3 is 0 Å². The van der Waals surface area contributed by atoms with Crippen molar-refractivity contribution in [1.29, 1.82) is 0 Å². The number of morpholine rings is 1. The molecule has 174 valence electrons. The van der Waals surface area contributed by atoms with E-state index in [1.54, 1.807) is 6.20 Å². The third-order valence-electron chi connectivity index (χ3n) is 7.82. The number of carbonyl (C=O) groups excluding carboxylic acids is 1. The summed E-state index contributed by atoms with van der Waals surface area (Å²) in [5.41, 5.74) is 4.40. The zero-order valence-electron chi connectivity index (χ0n) is 19.3. The van der Waals surface area contributed by atoms with Crippen LogP contribution in [0.15, 0.2) is 36.5 Å². The second kappa shape index (κ2) is 8.29. The number of amides is 1. The number of carbonyl (C=O) groups is 1. The predicted molar refractivity (Wildman–Crippen MR) is 128 cm³/mol. The number of hydrogen-bond donors (Lipinski definition) is 1. The van der Waals surface area contributed by atoms with Crippen LogP contribution in [-0.4, -0.2) is 49.9 Å². The molecule has 6 rings (SSSR count). The van der Waals surface area contributed by atoms with Crippen molar-refractivity contribution < 1.29 is 14.3 Å². The largest absolute Gasteiger partial charge is 0.378 e. The summed E-state index contributed by atoms with van der Waals surface area (Å²) < 4.78 is 11.3. The van der Waals surface area contributed by atoms with Gasteiger partial charge in [-0.1, -0.05) is 6.07 Å². The Bertz CT molecular complexity index is 1040. The van der Waals surface area contributed by atoms with Crippen LogP contribution in [0.2, 0.25) is 0 Å². The zero-order valence-corrected chi connectivity index (χ0v) is 19.3. The molecular formula is C26H32N4O3. The Morgan fingerprint density at radius 3 is 2.82 bits per heavy atom. The van der Waals surface area contributed by atoms with Crippen LogP contribution in [0.4, 0.5) is 22.9 Å². The Balaban J connectivity index is 1.27. The van der Waals surface area contributed by atoms with Crippen molar-refractivity contribution in [1.82, 2.24) is 4.98 Å². The van der Waals surface area contributed by atoms with Crippen molar-refractivity contribution in [2.75, 3.05) is 48.0 Å². The minimum atomic E-state index is 0.0886. The van der Waals surface area contributed by atoms with Crippen molar-refractivity contribution in [2.45, 2.75) is 45.3 Å². The first-order valence-corrected chi connectivity index (χ1v) is 12.2. The molecule has 1 amide bonds. The summed E-state index contributed by atoms with van der Waals surface area (Å²) in [5.74, 6) is 1.15. The molecule has 1 spiro atoms. The maximum absolute atomic E-state index is 13.8. The highest BCUT2D eigenvalue weighted by atomic mass is 16.5. The number of nitrogens with zero attached hydrogens (tertiary/aromatic N) is 3. The van der Waals surface area contributed by atoms with Crippen molar-refractivity contribution in [3.63, 3.8) is 0 Å². The lowest BCUT2D eigenvalue weighted by Gasteiger charge is -2.57. The molecule has 1 N–H and O–H groups in total. The van der Waals surface area contributed by atoms with E-state index < -0.39 is 0 Å². The highest BCUT2D eigenvalue weighted by molar-refractivity contribution is 6.00.